The molecule has 0 radical (unpaired) electrons. The molecule has 1 fully saturated rings. The number of carbonyl (C=O) groups excluding carboxylic acids is 1. The summed E-state index contributed by atoms with van der Waals surface area (Å²) in [6.07, 6.45) is 1.54. The normalized spacial score (nSPS) is 15.4. The quantitative estimate of drug-likeness (QED) is 0.547. The number of hydrogen-bond acceptors (Lipinski definition) is 6. The fourth-order valence-corrected chi connectivity index (χ4v) is 4.99. The van der Waals surface area contributed by atoms with Crippen LogP contribution in [0.3, 0.4) is 0 Å². The van der Waals surface area contributed by atoms with E-state index in [1.54, 1.807) is 12.1 Å². The van der Waals surface area contributed by atoms with Crippen LogP contribution >= 0.6 is 0 Å². The first kappa shape index (κ1) is 24.0. The van der Waals surface area contributed by atoms with Crippen molar-refractivity contribution in [3.8, 4) is 11.3 Å². The van der Waals surface area contributed by atoms with E-state index in [4.69, 9.17) is 4.42 Å². The summed E-state index contributed by atoms with van der Waals surface area (Å²) in [4.78, 5) is 18.6. The van der Waals surface area contributed by atoms with Crippen molar-refractivity contribution in [1.82, 2.24) is 14.2 Å². The number of anilines is 1. The second-order valence-corrected chi connectivity index (χ2v) is 9.96. The molecule has 2 aromatic carbocycles. The van der Waals surface area contributed by atoms with Gasteiger partial charge < -0.3 is 14.6 Å². The standard InChI is InChI=1S/C23H24F2N4O4S/c1-28-10-12-29(13-11-28)34(31,32)18-5-3-17(4-6-18)27-22(30)8-9-23-26-15-21(33-23)19-7-2-16(24)14-20(19)25/h2-7,14-15H,8-13H2,1H3,(H,27,30). The zero-order chi connectivity index (χ0) is 24.3. The molecule has 0 saturated carbocycles. The molecule has 11 heteroatoms. The lowest BCUT2D eigenvalue weighted by molar-refractivity contribution is -0.116. The SMILES string of the molecule is CN1CCN(S(=O)(=O)c2ccc(NC(=O)CCc3ncc(-c4ccc(F)cc4F)o3)cc2)CC1. The molecule has 0 aliphatic carbocycles. The second kappa shape index (κ2) is 10.00. The molecule has 1 aromatic heterocycles. The van der Waals surface area contributed by atoms with Gasteiger partial charge in [-0.15, -0.1) is 0 Å². The Bertz CT molecular complexity index is 1270. The van der Waals surface area contributed by atoms with Gasteiger partial charge >= 0.3 is 0 Å². The molecule has 0 spiro atoms. The van der Waals surface area contributed by atoms with E-state index in [2.05, 4.69) is 15.2 Å². The summed E-state index contributed by atoms with van der Waals surface area (Å²) in [5.74, 6) is -1.39. The van der Waals surface area contributed by atoms with Crippen molar-refractivity contribution >= 4 is 21.6 Å². The Balaban J connectivity index is 1.32. The van der Waals surface area contributed by atoms with Crippen LogP contribution in [0, 0.1) is 11.6 Å². The number of amides is 1. The van der Waals surface area contributed by atoms with Crippen molar-refractivity contribution in [2.24, 2.45) is 0 Å². The van der Waals surface area contributed by atoms with Gasteiger partial charge in [0.2, 0.25) is 15.9 Å². The van der Waals surface area contributed by atoms with Gasteiger partial charge in [-0.1, -0.05) is 0 Å². The van der Waals surface area contributed by atoms with Crippen LogP contribution in [0.2, 0.25) is 0 Å². The monoisotopic (exact) mass is 490 g/mol. The molecule has 1 aliphatic rings. The third kappa shape index (κ3) is 5.49. The average Bonchev–Trinajstić information content (AvgIpc) is 3.27. The molecule has 1 saturated heterocycles. The number of benzene rings is 2. The Hall–Kier alpha value is -3.15. The van der Waals surface area contributed by atoms with Crippen LogP contribution in [0.25, 0.3) is 11.3 Å². The molecule has 0 unspecified atom stereocenters. The van der Waals surface area contributed by atoms with Gasteiger partial charge in [-0.25, -0.2) is 22.2 Å². The summed E-state index contributed by atoms with van der Waals surface area (Å²) in [6, 6.07) is 9.17. The van der Waals surface area contributed by atoms with E-state index in [9.17, 15) is 22.0 Å². The Labute approximate surface area is 196 Å². The Morgan fingerprint density at radius 1 is 1.09 bits per heavy atom. The van der Waals surface area contributed by atoms with Crippen LogP contribution in [0.15, 0.2) is 58.0 Å². The topological polar surface area (TPSA) is 95.8 Å². The zero-order valence-electron chi connectivity index (χ0n) is 18.5. The van der Waals surface area contributed by atoms with Crippen LogP contribution in [0.4, 0.5) is 14.5 Å². The summed E-state index contributed by atoms with van der Waals surface area (Å²) in [5.41, 5.74) is 0.542. The summed E-state index contributed by atoms with van der Waals surface area (Å²) in [7, 11) is -1.63. The third-order valence-electron chi connectivity index (χ3n) is 5.55. The van der Waals surface area contributed by atoms with Crippen LogP contribution in [0.5, 0.6) is 0 Å². The molecule has 1 N–H and O–H groups in total. The Kier molecular flexibility index (Phi) is 7.05. The van der Waals surface area contributed by atoms with E-state index in [0.29, 0.717) is 31.9 Å². The van der Waals surface area contributed by atoms with Crippen molar-refractivity contribution in [1.29, 1.82) is 0 Å². The van der Waals surface area contributed by atoms with Crippen LogP contribution in [-0.2, 0) is 21.2 Å². The molecular weight excluding hydrogens is 466 g/mol. The van der Waals surface area contributed by atoms with Crippen molar-refractivity contribution in [2.75, 3.05) is 38.5 Å². The maximum absolute atomic E-state index is 13.9. The fourth-order valence-electron chi connectivity index (χ4n) is 3.57. The molecule has 8 nitrogen and oxygen atoms in total. The lowest BCUT2D eigenvalue weighted by Crippen LogP contribution is -2.46. The highest BCUT2D eigenvalue weighted by atomic mass is 32.2. The Morgan fingerprint density at radius 2 is 1.79 bits per heavy atom. The largest absolute Gasteiger partial charge is 0.441 e. The molecule has 2 heterocycles. The highest BCUT2D eigenvalue weighted by Gasteiger charge is 2.27. The summed E-state index contributed by atoms with van der Waals surface area (Å²) < 4.78 is 59.5. The molecule has 3 aromatic rings. The minimum Gasteiger partial charge on any atom is -0.441 e. The van der Waals surface area contributed by atoms with Gasteiger partial charge in [-0.05, 0) is 43.4 Å². The number of carbonyl (C=O) groups is 1. The predicted molar refractivity (Wildman–Crippen MR) is 122 cm³/mol. The summed E-state index contributed by atoms with van der Waals surface area (Å²) in [6.45, 7) is 2.23. The zero-order valence-corrected chi connectivity index (χ0v) is 19.3. The number of aromatic nitrogens is 1. The third-order valence-corrected chi connectivity index (χ3v) is 7.47. The van der Waals surface area contributed by atoms with E-state index in [-0.39, 0.29) is 40.9 Å². The first-order valence-electron chi connectivity index (χ1n) is 10.7. The fraction of sp³-hybridized carbons (Fsp3) is 0.304. The van der Waals surface area contributed by atoms with Crippen LogP contribution in [-0.4, -0.2) is 61.7 Å². The smallest absolute Gasteiger partial charge is 0.243 e. The molecule has 180 valence electrons. The van der Waals surface area contributed by atoms with Crippen LogP contribution < -0.4 is 5.32 Å². The molecular formula is C23H24F2N4O4S. The van der Waals surface area contributed by atoms with E-state index >= 15 is 0 Å². The van der Waals surface area contributed by atoms with Gasteiger partial charge in [0.05, 0.1) is 16.7 Å². The first-order valence-corrected chi connectivity index (χ1v) is 12.1. The van der Waals surface area contributed by atoms with Crippen LogP contribution in [0.1, 0.15) is 12.3 Å². The molecule has 1 aliphatic heterocycles. The van der Waals surface area contributed by atoms with Gasteiger partial charge in [0.15, 0.2) is 11.7 Å². The lowest BCUT2D eigenvalue weighted by Gasteiger charge is -2.31. The predicted octanol–water partition coefficient (Wildman–Crippen LogP) is 3.13. The van der Waals surface area contributed by atoms with Gasteiger partial charge in [-0.2, -0.15) is 4.31 Å². The summed E-state index contributed by atoms with van der Waals surface area (Å²) >= 11 is 0. The van der Waals surface area contributed by atoms with Gasteiger partial charge in [0.1, 0.15) is 11.6 Å². The van der Waals surface area contributed by atoms with Gasteiger partial charge in [0.25, 0.3) is 0 Å². The van der Waals surface area contributed by atoms with E-state index in [1.165, 1.54) is 28.7 Å². The minimum absolute atomic E-state index is 0.0488. The maximum atomic E-state index is 13.9. The van der Waals surface area contributed by atoms with Gasteiger partial charge in [0, 0.05) is 50.8 Å². The van der Waals surface area contributed by atoms with E-state index < -0.39 is 21.7 Å². The number of oxazole rings is 1. The number of likely N-dealkylation sites (N-methyl/N-ethyl adjacent to an activating group) is 1. The average molecular weight is 491 g/mol. The van der Waals surface area contributed by atoms with Gasteiger partial charge in [-0.3, -0.25) is 4.79 Å². The first-order chi connectivity index (χ1) is 16.2. The highest BCUT2D eigenvalue weighted by Crippen LogP contribution is 2.25. The lowest BCUT2D eigenvalue weighted by atomic mass is 10.2. The number of piperazine rings is 1. The number of nitrogens with one attached hydrogen (secondary N) is 1. The van der Waals surface area contributed by atoms with E-state index in [0.717, 1.165) is 12.1 Å². The highest BCUT2D eigenvalue weighted by molar-refractivity contribution is 7.89. The Morgan fingerprint density at radius 3 is 2.47 bits per heavy atom. The number of nitrogens with zero attached hydrogens (tertiary/aromatic N) is 3. The molecule has 0 bridgehead atoms. The molecule has 34 heavy (non-hydrogen) atoms. The minimum atomic E-state index is -3.58. The number of aryl methyl sites for hydroxylation is 1. The molecule has 1 amide bonds. The molecule has 0 atom stereocenters. The van der Waals surface area contributed by atoms with Crippen molar-refractivity contribution in [2.45, 2.75) is 17.7 Å². The molecule has 4 rings (SSSR count). The number of sulfonamides is 1. The van der Waals surface area contributed by atoms with Crippen molar-refractivity contribution < 1.29 is 26.4 Å². The number of rotatable bonds is 7. The number of hydrogen-bond donors (Lipinski definition) is 1. The van der Waals surface area contributed by atoms with Crippen molar-refractivity contribution in [3.05, 3.63) is 66.2 Å². The van der Waals surface area contributed by atoms with E-state index in [1.807, 2.05) is 7.05 Å². The second-order valence-electron chi connectivity index (χ2n) is 8.02. The maximum Gasteiger partial charge on any atom is 0.243 e. The number of halogens is 2. The van der Waals surface area contributed by atoms with Crippen molar-refractivity contribution in [3.63, 3.8) is 0 Å². The summed E-state index contributed by atoms with van der Waals surface area (Å²) in [5, 5.41) is 2.70.